The molecule has 0 saturated heterocycles. The average Bonchev–Trinajstić information content (AvgIpc) is 2.48. The van der Waals surface area contributed by atoms with Crippen LogP contribution >= 0.6 is 11.6 Å². The van der Waals surface area contributed by atoms with Crippen LogP contribution in [0.3, 0.4) is 0 Å². The van der Waals surface area contributed by atoms with Gasteiger partial charge < -0.3 is 9.47 Å². The SMILES string of the molecule is CCC1CCC(Oc2ccc(OC)cc2CCl)CC1. The molecule has 106 valence electrons. The molecule has 1 fully saturated rings. The molecule has 1 aliphatic carbocycles. The van der Waals surface area contributed by atoms with Gasteiger partial charge in [-0.1, -0.05) is 13.3 Å². The summed E-state index contributed by atoms with van der Waals surface area (Å²) >= 11 is 5.99. The molecule has 0 atom stereocenters. The first-order chi connectivity index (χ1) is 9.26. The molecule has 1 aliphatic rings. The van der Waals surface area contributed by atoms with E-state index in [0.717, 1.165) is 35.8 Å². The first kappa shape index (κ1) is 14.5. The molecule has 0 radical (unpaired) electrons. The third kappa shape index (κ3) is 3.79. The van der Waals surface area contributed by atoms with Crippen molar-refractivity contribution in [2.45, 2.75) is 51.0 Å². The number of ether oxygens (including phenoxy) is 2. The van der Waals surface area contributed by atoms with Crippen molar-refractivity contribution in [3.8, 4) is 11.5 Å². The molecule has 0 aliphatic heterocycles. The predicted molar refractivity (Wildman–Crippen MR) is 79.2 cm³/mol. The van der Waals surface area contributed by atoms with Gasteiger partial charge in [0.25, 0.3) is 0 Å². The number of hydrogen-bond acceptors (Lipinski definition) is 2. The van der Waals surface area contributed by atoms with Crippen molar-refractivity contribution in [2.75, 3.05) is 7.11 Å². The van der Waals surface area contributed by atoms with Gasteiger partial charge in [-0.3, -0.25) is 0 Å². The molecular weight excluding hydrogens is 260 g/mol. The van der Waals surface area contributed by atoms with Gasteiger partial charge in [0, 0.05) is 5.56 Å². The van der Waals surface area contributed by atoms with Crippen molar-refractivity contribution in [1.82, 2.24) is 0 Å². The third-order valence-corrected chi connectivity index (χ3v) is 4.36. The molecule has 0 amide bonds. The van der Waals surface area contributed by atoms with Gasteiger partial charge in [-0.05, 0) is 49.8 Å². The van der Waals surface area contributed by atoms with Gasteiger partial charge in [-0.25, -0.2) is 0 Å². The Morgan fingerprint density at radius 2 is 1.95 bits per heavy atom. The Morgan fingerprint density at radius 1 is 1.21 bits per heavy atom. The zero-order valence-electron chi connectivity index (χ0n) is 11.8. The Hall–Kier alpha value is -0.890. The third-order valence-electron chi connectivity index (χ3n) is 4.08. The van der Waals surface area contributed by atoms with E-state index in [4.69, 9.17) is 21.1 Å². The summed E-state index contributed by atoms with van der Waals surface area (Å²) in [6.07, 6.45) is 6.53. The molecule has 1 saturated carbocycles. The van der Waals surface area contributed by atoms with E-state index in [-0.39, 0.29) is 0 Å². The van der Waals surface area contributed by atoms with Crippen molar-refractivity contribution in [3.05, 3.63) is 23.8 Å². The monoisotopic (exact) mass is 282 g/mol. The smallest absolute Gasteiger partial charge is 0.124 e. The summed E-state index contributed by atoms with van der Waals surface area (Å²) in [6, 6.07) is 5.87. The molecule has 1 aromatic rings. The summed E-state index contributed by atoms with van der Waals surface area (Å²) in [4.78, 5) is 0. The van der Waals surface area contributed by atoms with Crippen LogP contribution in [-0.2, 0) is 5.88 Å². The molecule has 0 aromatic heterocycles. The second-order valence-electron chi connectivity index (χ2n) is 5.28. The van der Waals surface area contributed by atoms with E-state index >= 15 is 0 Å². The zero-order chi connectivity index (χ0) is 13.7. The Labute approximate surface area is 121 Å². The minimum Gasteiger partial charge on any atom is -0.497 e. The van der Waals surface area contributed by atoms with Gasteiger partial charge in [0.05, 0.1) is 19.1 Å². The topological polar surface area (TPSA) is 18.5 Å². The van der Waals surface area contributed by atoms with Crippen LogP contribution in [0.15, 0.2) is 18.2 Å². The Morgan fingerprint density at radius 3 is 2.53 bits per heavy atom. The summed E-state index contributed by atoms with van der Waals surface area (Å²) in [5.74, 6) is 3.09. The van der Waals surface area contributed by atoms with Crippen LogP contribution < -0.4 is 9.47 Å². The lowest BCUT2D eigenvalue weighted by Crippen LogP contribution is -2.24. The molecule has 0 heterocycles. The van der Waals surface area contributed by atoms with Gasteiger partial charge in [0.2, 0.25) is 0 Å². The first-order valence-electron chi connectivity index (χ1n) is 7.16. The number of benzene rings is 1. The van der Waals surface area contributed by atoms with E-state index in [2.05, 4.69) is 6.92 Å². The van der Waals surface area contributed by atoms with Gasteiger partial charge in [-0.2, -0.15) is 0 Å². The van der Waals surface area contributed by atoms with Crippen LogP contribution in [0, 0.1) is 5.92 Å². The fraction of sp³-hybridized carbons (Fsp3) is 0.625. The minimum atomic E-state index is 0.346. The number of alkyl halides is 1. The maximum atomic E-state index is 6.13. The van der Waals surface area contributed by atoms with Crippen LogP contribution in [0.4, 0.5) is 0 Å². The normalized spacial score (nSPS) is 23.1. The van der Waals surface area contributed by atoms with Crippen LogP contribution in [-0.4, -0.2) is 13.2 Å². The lowest BCUT2D eigenvalue weighted by Gasteiger charge is -2.29. The lowest BCUT2D eigenvalue weighted by atomic mass is 9.86. The predicted octanol–water partition coefficient (Wildman–Crippen LogP) is 4.78. The standard InChI is InChI=1S/C16H23ClO2/c1-3-12-4-6-14(7-5-12)19-16-9-8-15(18-2)10-13(16)11-17/h8-10,12,14H,3-7,11H2,1-2H3. The molecule has 0 unspecified atom stereocenters. The van der Waals surface area contributed by atoms with Crippen molar-refractivity contribution >= 4 is 11.6 Å². The molecule has 19 heavy (non-hydrogen) atoms. The lowest BCUT2D eigenvalue weighted by molar-refractivity contribution is 0.129. The molecule has 2 rings (SSSR count). The van der Waals surface area contributed by atoms with Crippen molar-refractivity contribution in [2.24, 2.45) is 5.92 Å². The average molecular weight is 283 g/mol. The fourth-order valence-electron chi connectivity index (χ4n) is 2.74. The number of methoxy groups -OCH3 is 1. The molecule has 3 heteroatoms. The molecule has 0 bridgehead atoms. The summed E-state index contributed by atoms with van der Waals surface area (Å²) < 4.78 is 11.3. The summed E-state index contributed by atoms with van der Waals surface area (Å²) in [6.45, 7) is 2.28. The second-order valence-corrected chi connectivity index (χ2v) is 5.54. The highest BCUT2D eigenvalue weighted by Crippen LogP contribution is 2.32. The maximum Gasteiger partial charge on any atom is 0.124 e. The highest BCUT2D eigenvalue weighted by molar-refractivity contribution is 6.17. The maximum absolute atomic E-state index is 6.13. The number of rotatable bonds is 5. The summed E-state index contributed by atoms with van der Waals surface area (Å²) in [5.41, 5.74) is 1.01. The van der Waals surface area contributed by atoms with E-state index in [0.29, 0.717) is 12.0 Å². The zero-order valence-corrected chi connectivity index (χ0v) is 12.6. The highest BCUT2D eigenvalue weighted by atomic mass is 35.5. The second kappa shape index (κ2) is 7.04. The van der Waals surface area contributed by atoms with Gasteiger partial charge in [0.1, 0.15) is 11.5 Å². The van der Waals surface area contributed by atoms with Crippen molar-refractivity contribution in [3.63, 3.8) is 0 Å². The van der Waals surface area contributed by atoms with Crippen LogP contribution in [0.2, 0.25) is 0 Å². The molecule has 0 spiro atoms. The molecule has 2 nitrogen and oxygen atoms in total. The van der Waals surface area contributed by atoms with Gasteiger partial charge >= 0.3 is 0 Å². The molecule has 0 N–H and O–H groups in total. The Bertz CT molecular complexity index is 398. The van der Waals surface area contributed by atoms with E-state index in [1.807, 2.05) is 18.2 Å². The Kier molecular flexibility index (Phi) is 5.38. The molecular formula is C16H23ClO2. The number of halogens is 1. The summed E-state index contributed by atoms with van der Waals surface area (Å²) in [7, 11) is 1.67. The molecule has 1 aromatic carbocycles. The van der Waals surface area contributed by atoms with Crippen LogP contribution in [0.25, 0.3) is 0 Å². The van der Waals surface area contributed by atoms with E-state index in [9.17, 15) is 0 Å². The van der Waals surface area contributed by atoms with Gasteiger partial charge in [0.15, 0.2) is 0 Å². The van der Waals surface area contributed by atoms with Crippen LogP contribution in [0.5, 0.6) is 11.5 Å². The fourth-order valence-corrected chi connectivity index (χ4v) is 2.95. The first-order valence-corrected chi connectivity index (χ1v) is 7.69. The highest BCUT2D eigenvalue weighted by Gasteiger charge is 2.21. The Balaban J connectivity index is 1.99. The van der Waals surface area contributed by atoms with E-state index in [1.165, 1.54) is 19.3 Å². The summed E-state index contributed by atoms with van der Waals surface area (Å²) in [5, 5.41) is 0. The van der Waals surface area contributed by atoms with Crippen molar-refractivity contribution < 1.29 is 9.47 Å². The van der Waals surface area contributed by atoms with E-state index < -0.39 is 0 Å². The minimum absolute atomic E-state index is 0.346. The van der Waals surface area contributed by atoms with Crippen molar-refractivity contribution in [1.29, 1.82) is 0 Å². The quantitative estimate of drug-likeness (QED) is 0.724. The van der Waals surface area contributed by atoms with Crippen LogP contribution in [0.1, 0.15) is 44.6 Å². The largest absolute Gasteiger partial charge is 0.497 e. The number of hydrogen-bond donors (Lipinski definition) is 0. The van der Waals surface area contributed by atoms with E-state index in [1.54, 1.807) is 7.11 Å². The van der Waals surface area contributed by atoms with Gasteiger partial charge in [-0.15, -0.1) is 11.6 Å².